The first kappa shape index (κ1) is 20.9. The molecule has 1 aromatic heterocycles. The Labute approximate surface area is 150 Å². The summed E-state index contributed by atoms with van der Waals surface area (Å²) in [5, 5.41) is 0.721. The molecule has 0 bridgehead atoms. The Hall–Kier alpha value is -2.18. The van der Waals surface area contributed by atoms with Crippen molar-refractivity contribution in [1.82, 2.24) is 4.31 Å². The monoisotopic (exact) mass is 364 g/mol. The highest BCUT2D eigenvalue weighted by Crippen LogP contribution is 2.17. The van der Waals surface area contributed by atoms with Crippen molar-refractivity contribution < 1.29 is 13.0 Å². The van der Waals surface area contributed by atoms with Crippen LogP contribution >= 0.6 is 0 Å². The Morgan fingerprint density at radius 1 is 1.28 bits per heavy atom. The fraction of sp³-hybridized carbons (Fsp3) is 0.263. The predicted octanol–water partition coefficient (Wildman–Crippen LogP) is 2.37. The van der Waals surface area contributed by atoms with Crippen LogP contribution in [0.2, 0.25) is 0 Å². The average Bonchev–Trinajstić information content (AvgIpc) is 2.95. The summed E-state index contributed by atoms with van der Waals surface area (Å²) in [7, 11) is 2.13. The summed E-state index contributed by atoms with van der Waals surface area (Å²) in [6, 6.07) is 7.91. The van der Waals surface area contributed by atoms with Crippen LogP contribution in [-0.2, 0) is 11.0 Å². The molecule has 1 unspecified atom stereocenters. The van der Waals surface area contributed by atoms with Crippen LogP contribution in [0.4, 0.5) is 4.39 Å². The van der Waals surface area contributed by atoms with Gasteiger partial charge in [0.05, 0.1) is 5.70 Å². The second-order valence-corrected chi connectivity index (χ2v) is 6.85. The number of furan rings is 1. The van der Waals surface area contributed by atoms with Gasteiger partial charge in [0, 0.05) is 30.2 Å². The van der Waals surface area contributed by atoms with Gasteiger partial charge in [0.2, 0.25) is 0 Å². The van der Waals surface area contributed by atoms with Crippen LogP contribution in [0.1, 0.15) is 13.8 Å². The van der Waals surface area contributed by atoms with E-state index in [1.54, 1.807) is 29.7 Å². The Kier molecular flexibility index (Phi) is 7.80. The minimum Gasteiger partial charge on any atom is -0.456 e. The second-order valence-electron chi connectivity index (χ2n) is 5.46. The summed E-state index contributed by atoms with van der Waals surface area (Å²) < 4.78 is 32.3. The number of allylic oxidation sites excluding steroid dienone is 2. The molecule has 0 amide bonds. The first-order valence-corrected chi connectivity index (χ1v) is 9.20. The molecule has 0 saturated heterocycles. The zero-order chi connectivity index (χ0) is 19.1. The van der Waals surface area contributed by atoms with Crippen LogP contribution in [-0.4, -0.2) is 28.9 Å². The molecule has 25 heavy (non-hydrogen) atoms. The average molecular weight is 364 g/mol. The number of halogens is 1. The van der Waals surface area contributed by atoms with Crippen LogP contribution < -0.4 is 16.4 Å². The maximum Gasteiger partial charge on any atom is 0.136 e. The molecule has 0 aliphatic heterocycles. The maximum atomic E-state index is 13.0. The molecule has 0 spiro atoms. The summed E-state index contributed by atoms with van der Waals surface area (Å²) >= 11 is 0. The van der Waals surface area contributed by atoms with Gasteiger partial charge in [0.25, 0.3) is 0 Å². The van der Waals surface area contributed by atoms with Gasteiger partial charge in [0.1, 0.15) is 28.0 Å². The quantitative estimate of drug-likeness (QED) is 0.906. The number of benzene rings is 1. The summed E-state index contributed by atoms with van der Waals surface area (Å²) in [6.45, 7) is 7.88. The molecule has 6 heteroatoms. The fourth-order valence-electron chi connectivity index (χ4n) is 2.13. The number of nitrogens with two attached hydrogens (primary N) is 1. The van der Waals surface area contributed by atoms with Gasteiger partial charge in [-0.3, -0.25) is 4.31 Å². The highest BCUT2D eigenvalue weighted by Gasteiger charge is 2.09. The molecule has 0 aliphatic carbocycles. The molecule has 2 N–H and O–H groups in total. The molecule has 136 valence electrons. The fourth-order valence-corrected chi connectivity index (χ4v) is 2.65. The molecular weight excluding hydrogens is 339 g/mol. The van der Waals surface area contributed by atoms with Crippen LogP contribution in [0.25, 0.3) is 24.0 Å². The molecule has 4 nitrogen and oxygen atoms in total. The van der Waals surface area contributed by atoms with E-state index in [-0.39, 0.29) is 5.82 Å². The van der Waals surface area contributed by atoms with E-state index in [0.29, 0.717) is 11.2 Å². The summed E-state index contributed by atoms with van der Waals surface area (Å²) in [6.07, 6.45) is 3.44. The third kappa shape index (κ3) is 5.41. The van der Waals surface area contributed by atoms with E-state index in [1.165, 1.54) is 19.2 Å². The molecule has 0 fully saturated rings. The molecule has 0 radical (unpaired) electrons. The van der Waals surface area contributed by atoms with E-state index in [9.17, 15) is 8.60 Å². The lowest BCUT2D eigenvalue weighted by atomic mass is 10.2. The van der Waals surface area contributed by atoms with E-state index in [1.807, 2.05) is 26.0 Å². The van der Waals surface area contributed by atoms with Crippen LogP contribution in [0.5, 0.6) is 0 Å². The second kappa shape index (κ2) is 9.34. The Morgan fingerprint density at radius 2 is 1.84 bits per heavy atom. The third-order valence-electron chi connectivity index (χ3n) is 3.48. The smallest absolute Gasteiger partial charge is 0.136 e. The molecule has 0 saturated carbocycles. The molecule has 1 atom stereocenters. The van der Waals surface area contributed by atoms with Gasteiger partial charge in [-0.2, -0.15) is 0 Å². The van der Waals surface area contributed by atoms with E-state index in [2.05, 4.69) is 12.3 Å². The molecular formula is C19H25FN2O2S. The largest absolute Gasteiger partial charge is 0.456 e. The van der Waals surface area contributed by atoms with Crippen molar-refractivity contribution in [2.45, 2.75) is 13.8 Å². The molecule has 0 aliphatic rings. The van der Waals surface area contributed by atoms with Crippen LogP contribution in [0.15, 0.2) is 46.0 Å². The maximum absolute atomic E-state index is 13.0. The van der Waals surface area contributed by atoms with Gasteiger partial charge < -0.3 is 10.2 Å². The topological polar surface area (TPSA) is 59.5 Å². The van der Waals surface area contributed by atoms with E-state index in [0.717, 1.165) is 22.1 Å². The third-order valence-corrected chi connectivity index (χ3v) is 4.44. The van der Waals surface area contributed by atoms with Crippen LogP contribution in [0, 0.1) is 5.82 Å². The number of rotatable bonds is 4. The highest BCUT2D eigenvalue weighted by atomic mass is 32.2. The van der Waals surface area contributed by atoms with E-state index < -0.39 is 11.0 Å². The van der Waals surface area contributed by atoms with E-state index in [4.69, 9.17) is 4.42 Å². The van der Waals surface area contributed by atoms with Gasteiger partial charge in [-0.15, -0.1) is 0 Å². The lowest BCUT2D eigenvalue weighted by molar-refractivity contribution is 0.542. The predicted molar refractivity (Wildman–Crippen MR) is 104 cm³/mol. The summed E-state index contributed by atoms with van der Waals surface area (Å²) in [4.78, 5) is 0. The van der Waals surface area contributed by atoms with Crippen molar-refractivity contribution in [3.63, 3.8) is 0 Å². The molecule has 1 aromatic carbocycles. The van der Waals surface area contributed by atoms with Gasteiger partial charge in [-0.1, -0.05) is 12.2 Å². The lowest BCUT2D eigenvalue weighted by Crippen LogP contribution is -2.24. The SMILES string of the molecule is C=c1cc(-c2ccc(F)cc2)o/c1=C/C(=C(C)C)N(C)S(C)=O.CN. The zero-order valence-corrected chi connectivity index (χ0v) is 16.1. The van der Waals surface area contributed by atoms with Crippen molar-refractivity contribution in [2.24, 2.45) is 5.73 Å². The molecule has 1 heterocycles. The summed E-state index contributed by atoms with van der Waals surface area (Å²) in [5.41, 5.74) is 7.71. The van der Waals surface area contributed by atoms with Gasteiger partial charge in [-0.25, -0.2) is 8.60 Å². The lowest BCUT2D eigenvalue weighted by Gasteiger charge is -2.17. The minimum atomic E-state index is -1.13. The normalized spacial score (nSPS) is 12.2. The highest BCUT2D eigenvalue weighted by molar-refractivity contribution is 7.82. The van der Waals surface area contributed by atoms with Crippen molar-refractivity contribution in [1.29, 1.82) is 0 Å². The zero-order valence-electron chi connectivity index (χ0n) is 15.3. The Balaban J connectivity index is 0.00000151. The standard InChI is InChI=1S/C18H20FNO2S.CH5N/c1-12(2)16(20(4)23(5)21)11-17-13(3)10-18(22-17)14-6-8-15(19)9-7-14;1-2/h6-11H,3H2,1-2,4-5H3;2H2,1H3/b17-11+;. The van der Waals surface area contributed by atoms with Gasteiger partial charge in [0.15, 0.2) is 0 Å². The minimum absolute atomic E-state index is 0.291. The van der Waals surface area contributed by atoms with Crippen molar-refractivity contribution in [3.8, 4) is 11.3 Å². The van der Waals surface area contributed by atoms with Gasteiger partial charge in [-0.05, 0) is 51.2 Å². The van der Waals surface area contributed by atoms with Crippen molar-refractivity contribution in [2.75, 3.05) is 20.4 Å². The number of hydrogen-bond donors (Lipinski definition) is 1. The first-order chi connectivity index (χ1) is 11.8. The Morgan fingerprint density at radius 3 is 2.32 bits per heavy atom. The Bertz CT molecular complexity index is 866. The van der Waals surface area contributed by atoms with Crippen LogP contribution in [0.3, 0.4) is 0 Å². The summed E-state index contributed by atoms with van der Waals surface area (Å²) in [5.74, 6) is 0.329. The first-order valence-electron chi connectivity index (χ1n) is 7.68. The van der Waals surface area contributed by atoms with Crippen molar-refractivity contribution >= 4 is 23.6 Å². The van der Waals surface area contributed by atoms with Crippen molar-refractivity contribution in [3.05, 3.63) is 58.1 Å². The molecule has 2 aromatic rings. The van der Waals surface area contributed by atoms with Gasteiger partial charge >= 0.3 is 0 Å². The molecule has 2 rings (SSSR count). The number of hydrogen-bond acceptors (Lipinski definition) is 3. The van der Waals surface area contributed by atoms with E-state index >= 15 is 0 Å². The number of nitrogens with zero attached hydrogens (tertiary/aromatic N) is 1.